The third kappa shape index (κ3) is 2.92. The second-order valence-electron chi connectivity index (χ2n) is 4.02. The van der Waals surface area contributed by atoms with Gasteiger partial charge < -0.3 is 9.84 Å². The van der Waals surface area contributed by atoms with Gasteiger partial charge in [-0.3, -0.25) is 4.72 Å². The van der Waals surface area contributed by atoms with E-state index in [0.29, 0.717) is 22.0 Å². The lowest BCUT2D eigenvalue weighted by Crippen LogP contribution is -2.15. The smallest absolute Gasteiger partial charge is 0.263 e. The fourth-order valence-electron chi connectivity index (χ4n) is 1.72. The van der Waals surface area contributed by atoms with Crippen molar-refractivity contribution in [3.8, 4) is 5.88 Å². The quantitative estimate of drug-likeness (QED) is 0.878. The van der Waals surface area contributed by atoms with Gasteiger partial charge in [0.15, 0.2) is 0 Å². The predicted octanol–water partition coefficient (Wildman–Crippen LogP) is 1.75. The van der Waals surface area contributed by atoms with Crippen LogP contribution >= 0.6 is 11.3 Å². The molecule has 0 radical (unpaired) electrons. The minimum Gasteiger partial charge on any atom is -0.481 e. The lowest BCUT2D eigenvalue weighted by molar-refractivity contribution is 0.282. The SMILES string of the molecule is COc1ccc(NS(=O)(=O)c2c(C)csc2CO)cn1. The Balaban J connectivity index is 2.32. The Morgan fingerprint density at radius 2 is 2.20 bits per heavy atom. The maximum Gasteiger partial charge on any atom is 0.263 e. The standard InChI is InChI=1S/C12H14N2O4S2/c1-8-7-19-10(6-15)12(8)20(16,17)14-9-3-4-11(18-2)13-5-9/h3-5,7,14-15H,6H2,1-2H3. The number of ether oxygens (including phenoxy) is 1. The van der Waals surface area contributed by atoms with Gasteiger partial charge in [-0.25, -0.2) is 13.4 Å². The molecule has 0 aromatic carbocycles. The molecule has 2 heterocycles. The zero-order valence-corrected chi connectivity index (χ0v) is 12.6. The first-order valence-corrected chi connectivity index (χ1v) is 8.05. The molecule has 0 unspecified atom stereocenters. The van der Waals surface area contributed by atoms with E-state index in [1.165, 1.54) is 24.6 Å². The molecule has 0 atom stereocenters. The Hall–Kier alpha value is -1.64. The number of aryl methyl sites for hydroxylation is 1. The van der Waals surface area contributed by atoms with Gasteiger partial charge in [0.25, 0.3) is 10.0 Å². The van der Waals surface area contributed by atoms with Crippen LogP contribution in [0.3, 0.4) is 0 Å². The summed E-state index contributed by atoms with van der Waals surface area (Å²) in [5.41, 5.74) is 0.938. The van der Waals surface area contributed by atoms with Crippen LogP contribution in [0.15, 0.2) is 28.6 Å². The van der Waals surface area contributed by atoms with Crippen molar-refractivity contribution in [3.05, 3.63) is 34.2 Å². The summed E-state index contributed by atoms with van der Waals surface area (Å²) in [6.45, 7) is 1.38. The Kier molecular flexibility index (Phi) is 4.26. The number of anilines is 1. The van der Waals surface area contributed by atoms with Crippen LogP contribution < -0.4 is 9.46 Å². The van der Waals surface area contributed by atoms with Gasteiger partial charge in [0.1, 0.15) is 4.90 Å². The highest BCUT2D eigenvalue weighted by atomic mass is 32.2. The van der Waals surface area contributed by atoms with Crippen molar-refractivity contribution in [3.63, 3.8) is 0 Å². The molecule has 2 aromatic rings. The van der Waals surface area contributed by atoms with E-state index in [0.717, 1.165) is 0 Å². The Morgan fingerprint density at radius 1 is 1.45 bits per heavy atom. The minimum absolute atomic E-state index is 0.126. The van der Waals surface area contributed by atoms with Gasteiger partial charge in [-0.15, -0.1) is 11.3 Å². The average molecular weight is 314 g/mol. The van der Waals surface area contributed by atoms with E-state index < -0.39 is 10.0 Å². The maximum atomic E-state index is 12.3. The first-order valence-electron chi connectivity index (χ1n) is 5.68. The molecule has 0 spiro atoms. The zero-order chi connectivity index (χ0) is 14.8. The highest BCUT2D eigenvalue weighted by Gasteiger charge is 2.22. The van der Waals surface area contributed by atoms with Crippen molar-refractivity contribution >= 4 is 27.0 Å². The predicted molar refractivity (Wildman–Crippen MR) is 76.6 cm³/mol. The molecule has 20 heavy (non-hydrogen) atoms. The third-order valence-corrected chi connectivity index (χ3v) is 5.43. The topological polar surface area (TPSA) is 88.5 Å². The van der Waals surface area contributed by atoms with E-state index in [1.54, 1.807) is 24.4 Å². The number of methoxy groups -OCH3 is 1. The van der Waals surface area contributed by atoms with Gasteiger partial charge in [0.2, 0.25) is 5.88 Å². The first-order chi connectivity index (χ1) is 9.47. The molecule has 2 N–H and O–H groups in total. The molecule has 0 amide bonds. The number of nitrogens with zero attached hydrogens (tertiary/aromatic N) is 1. The van der Waals surface area contributed by atoms with Crippen LogP contribution in [0.1, 0.15) is 10.4 Å². The van der Waals surface area contributed by atoms with Gasteiger partial charge in [0.05, 0.1) is 30.5 Å². The molecule has 0 fully saturated rings. The van der Waals surface area contributed by atoms with Crippen LogP contribution in [0, 0.1) is 6.92 Å². The molecular formula is C12H14N2O4S2. The number of pyridine rings is 1. The van der Waals surface area contributed by atoms with Gasteiger partial charge in [0, 0.05) is 6.07 Å². The molecular weight excluding hydrogens is 300 g/mol. The summed E-state index contributed by atoms with van der Waals surface area (Å²) in [7, 11) is -2.26. The van der Waals surface area contributed by atoms with E-state index in [4.69, 9.17) is 4.74 Å². The molecule has 0 aliphatic heterocycles. The monoisotopic (exact) mass is 314 g/mol. The van der Waals surface area contributed by atoms with Crippen molar-refractivity contribution in [2.24, 2.45) is 0 Å². The number of nitrogens with one attached hydrogen (secondary N) is 1. The van der Waals surface area contributed by atoms with Crippen LogP contribution in [0.5, 0.6) is 5.88 Å². The molecule has 108 valence electrons. The Labute approximate surface area is 121 Å². The number of thiophene rings is 1. The number of aliphatic hydroxyl groups is 1. The average Bonchev–Trinajstić information content (AvgIpc) is 2.81. The van der Waals surface area contributed by atoms with Crippen molar-refractivity contribution < 1.29 is 18.3 Å². The lowest BCUT2D eigenvalue weighted by atomic mass is 10.3. The number of sulfonamides is 1. The summed E-state index contributed by atoms with van der Waals surface area (Å²) in [6, 6.07) is 3.12. The van der Waals surface area contributed by atoms with Crippen molar-refractivity contribution in [1.82, 2.24) is 4.98 Å². The third-order valence-electron chi connectivity index (χ3n) is 2.60. The molecule has 2 rings (SSSR count). The maximum absolute atomic E-state index is 12.3. The highest BCUT2D eigenvalue weighted by Crippen LogP contribution is 2.28. The van der Waals surface area contributed by atoms with E-state index in [9.17, 15) is 13.5 Å². The number of aromatic nitrogens is 1. The van der Waals surface area contributed by atoms with Gasteiger partial charge >= 0.3 is 0 Å². The molecule has 0 bridgehead atoms. The highest BCUT2D eigenvalue weighted by molar-refractivity contribution is 7.93. The van der Waals surface area contributed by atoms with Gasteiger partial charge in [-0.05, 0) is 23.9 Å². The second kappa shape index (κ2) is 5.78. The minimum atomic E-state index is -3.74. The summed E-state index contributed by atoms with van der Waals surface area (Å²) in [6.07, 6.45) is 1.37. The zero-order valence-electron chi connectivity index (χ0n) is 11.0. The van der Waals surface area contributed by atoms with E-state index in [1.807, 2.05) is 0 Å². The summed E-state index contributed by atoms with van der Waals surface area (Å²) >= 11 is 1.21. The summed E-state index contributed by atoms with van der Waals surface area (Å²) in [4.78, 5) is 4.47. The summed E-state index contributed by atoms with van der Waals surface area (Å²) in [5.74, 6) is 0.399. The molecule has 0 aliphatic rings. The molecule has 2 aromatic heterocycles. The van der Waals surface area contributed by atoms with Crippen LogP contribution in [0.4, 0.5) is 5.69 Å². The number of rotatable bonds is 5. The molecule has 0 saturated carbocycles. The Bertz CT molecular complexity index is 693. The number of aliphatic hydroxyl groups excluding tert-OH is 1. The lowest BCUT2D eigenvalue weighted by Gasteiger charge is -2.09. The normalized spacial score (nSPS) is 11.3. The van der Waals surface area contributed by atoms with Gasteiger partial charge in [-0.1, -0.05) is 0 Å². The van der Waals surface area contributed by atoms with Crippen LogP contribution in [-0.2, 0) is 16.6 Å². The fourth-order valence-corrected chi connectivity index (χ4v) is 4.43. The molecule has 6 nitrogen and oxygen atoms in total. The first kappa shape index (κ1) is 14.8. The van der Waals surface area contributed by atoms with Crippen molar-refractivity contribution in [1.29, 1.82) is 0 Å². The van der Waals surface area contributed by atoms with Crippen LogP contribution in [0.2, 0.25) is 0 Å². The molecule has 0 aliphatic carbocycles. The second-order valence-corrected chi connectivity index (χ2v) is 6.61. The van der Waals surface area contributed by atoms with E-state index >= 15 is 0 Å². The van der Waals surface area contributed by atoms with E-state index in [-0.39, 0.29) is 11.5 Å². The van der Waals surface area contributed by atoms with Crippen molar-refractivity contribution in [2.75, 3.05) is 11.8 Å². The summed E-state index contributed by atoms with van der Waals surface area (Å²) < 4.78 is 32.0. The van der Waals surface area contributed by atoms with E-state index in [2.05, 4.69) is 9.71 Å². The van der Waals surface area contributed by atoms with Crippen molar-refractivity contribution in [2.45, 2.75) is 18.4 Å². The fraction of sp³-hybridized carbons (Fsp3) is 0.250. The Morgan fingerprint density at radius 3 is 2.75 bits per heavy atom. The van der Waals surface area contributed by atoms with Crippen LogP contribution in [0.25, 0.3) is 0 Å². The van der Waals surface area contributed by atoms with Gasteiger partial charge in [-0.2, -0.15) is 0 Å². The number of hydrogen-bond acceptors (Lipinski definition) is 6. The number of hydrogen-bond donors (Lipinski definition) is 2. The molecule has 0 saturated heterocycles. The largest absolute Gasteiger partial charge is 0.481 e. The van der Waals surface area contributed by atoms with Crippen LogP contribution in [-0.4, -0.2) is 25.6 Å². The molecule has 8 heteroatoms. The summed E-state index contributed by atoms with van der Waals surface area (Å²) in [5, 5.41) is 10.9.